The molecule has 0 bridgehead atoms. The molecule has 0 amide bonds. The molecule has 0 unspecified atom stereocenters. The largest absolute Gasteiger partial charge is 0.451 e. The van der Waals surface area contributed by atoms with Crippen molar-refractivity contribution in [2.24, 2.45) is 0 Å². The van der Waals surface area contributed by atoms with Gasteiger partial charge in [0.2, 0.25) is 5.82 Å². The highest BCUT2D eigenvalue weighted by atomic mass is 19.4. The first-order valence-electron chi connectivity index (χ1n) is 6.17. The summed E-state index contributed by atoms with van der Waals surface area (Å²) in [5, 5.41) is 2.77. The Bertz CT molecular complexity index is 591. The Morgan fingerprint density at radius 3 is 2.60 bits per heavy atom. The fourth-order valence-electron chi connectivity index (χ4n) is 1.76. The number of nitrogens with one attached hydrogen (secondary N) is 1. The third-order valence-corrected chi connectivity index (χ3v) is 2.62. The second-order valence-electron chi connectivity index (χ2n) is 4.03. The van der Waals surface area contributed by atoms with Gasteiger partial charge in [0.15, 0.2) is 5.82 Å². The van der Waals surface area contributed by atoms with Crippen LogP contribution in [0.25, 0.3) is 11.5 Å². The minimum Gasteiger partial charge on any atom is -0.370 e. The maximum Gasteiger partial charge on any atom is 0.451 e. The molecule has 108 valence electrons. The molecule has 0 spiro atoms. The van der Waals surface area contributed by atoms with Crippen LogP contribution in [0.3, 0.4) is 0 Å². The molecule has 2 rings (SSSR count). The highest BCUT2D eigenvalue weighted by Crippen LogP contribution is 2.29. The summed E-state index contributed by atoms with van der Waals surface area (Å²) in [6.45, 7) is 4.72. The van der Waals surface area contributed by atoms with Crippen molar-refractivity contribution in [3.8, 4) is 11.5 Å². The van der Waals surface area contributed by atoms with Gasteiger partial charge in [-0.25, -0.2) is 15.0 Å². The van der Waals surface area contributed by atoms with Crippen LogP contribution in [0.4, 0.5) is 19.0 Å². The van der Waals surface area contributed by atoms with Crippen LogP contribution in [0.1, 0.15) is 19.7 Å². The first kappa shape index (κ1) is 14.3. The van der Waals surface area contributed by atoms with Crippen molar-refractivity contribution in [1.82, 2.24) is 19.5 Å². The summed E-state index contributed by atoms with van der Waals surface area (Å²) >= 11 is 0. The van der Waals surface area contributed by atoms with Gasteiger partial charge in [-0.3, -0.25) is 0 Å². The van der Waals surface area contributed by atoms with Crippen molar-refractivity contribution < 1.29 is 13.2 Å². The number of hydrogen-bond acceptors (Lipinski definition) is 4. The predicted octanol–water partition coefficient (Wildman–Crippen LogP) is 2.81. The molecule has 0 atom stereocenters. The van der Waals surface area contributed by atoms with Crippen molar-refractivity contribution in [3.05, 3.63) is 24.3 Å². The molecule has 2 aromatic rings. The fourth-order valence-corrected chi connectivity index (χ4v) is 1.76. The number of aromatic nitrogens is 4. The van der Waals surface area contributed by atoms with Gasteiger partial charge in [0.25, 0.3) is 0 Å². The SMILES string of the molecule is CCNc1cc(-c2nccn2CC)nc(C(F)(F)F)n1. The van der Waals surface area contributed by atoms with Crippen molar-refractivity contribution in [2.45, 2.75) is 26.6 Å². The van der Waals surface area contributed by atoms with Crippen LogP contribution < -0.4 is 5.32 Å². The van der Waals surface area contributed by atoms with E-state index in [9.17, 15) is 13.2 Å². The Balaban J connectivity index is 2.55. The zero-order chi connectivity index (χ0) is 14.8. The second-order valence-corrected chi connectivity index (χ2v) is 4.03. The highest BCUT2D eigenvalue weighted by molar-refractivity contribution is 5.56. The van der Waals surface area contributed by atoms with Crippen LogP contribution in [-0.4, -0.2) is 26.1 Å². The summed E-state index contributed by atoms with van der Waals surface area (Å²) < 4.78 is 40.2. The zero-order valence-corrected chi connectivity index (χ0v) is 11.1. The average Bonchev–Trinajstić information content (AvgIpc) is 2.86. The number of anilines is 1. The van der Waals surface area contributed by atoms with Gasteiger partial charge in [-0.15, -0.1) is 0 Å². The fraction of sp³-hybridized carbons (Fsp3) is 0.417. The van der Waals surface area contributed by atoms with E-state index in [1.807, 2.05) is 6.92 Å². The van der Waals surface area contributed by atoms with Crippen LogP contribution in [-0.2, 0) is 12.7 Å². The van der Waals surface area contributed by atoms with Crippen LogP contribution in [0.2, 0.25) is 0 Å². The number of hydrogen-bond donors (Lipinski definition) is 1. The number of rotatable bonds is 4. The molecule has 0 saturated heterocycles. The third-order valence-electron chi connectivity index (χ3n) is 2.62. The molecule has 0 saturated carbocycles. The lowest BCUT2D eigenvalue weighted by molar-refractivity contribution is -0.144. The van der Waals surface area contributed by atoms with Gasteiger partial charge in [-0.05, 0) is 13.8 Å². The number of nitrogens with zero attached hydrogens (tertiary/aromatic N) is 4. The maximum atomic E-state index is 12.8. The molecule has 20 heavy (non-hydrogen) atoms. The molecular formula is C12H14F3N5. The van der Waals surface area contributed by atoms with Gasteiger partial charge in [0, 0.05) is 31.5 Å². The Morgan fingerprint density at radius 2 is 2.00 bits per heavy atom. The summed E-state index contributed by atoms with van der Waals surface area (Å²) in [7, 11) is 0. The molecule has 8 heteroatoms. The number of aryl methyl sites for hydroxylation is 1. The Morgan fingerprint density at radius 1 is 1.25 bits per heavy atom. The molecule has 2 aromatic heterocycles. The Hall–Kier alpha value is -2.12. The molecule has 0 aliphatic heterocycles. The van der Waals surface area contributed by atoms with Crippen molar-refractivity contribution >= 4 is 5.82 Å². The normalized spacial score (nSPS) is 11.7. The summed E-state index contributed by atoms with van der Waals surface area (Å²) in [6.07, 6.45) is -1.37. The van der Waals surface area contributed by atoms with E-state index in [4.69, 9.17) is 0 Å². The average molecular weight is 285 g/mol. The number of halogens is 3. The van der Waals surface area contributed by atoms with Gasteiger partial charge in [0.05, 0.1) is 0 Å². The summed E-state index contributed by atoms with van der Waals surface area (Å²) in [6, 6.07) is 1.47. The van der Waals surface area contributed by atoms with Gasteiger partial charge >= 0.3 is 6.18 Å². The number of alkyl halides is 3. The monoisotopic (exact) mass is 285 g/mol. The van der Waals surface area contributed by atoms with E-state index >= 15 is 0 Å². The van der Waals surface area contributed by atoms with E-state index in [1.165, 1.54) is 12.3 Å². The molecular weight excluding hydrogens is 271 g/mol. The quantitative estimate of drug-likeness (QED) is 0.938. The lowest BCUT2D eigenvalue weighted by Gasteiger charge is -2.11. The van der Waals surface area contributed by atoms with Crippen LogP contribution in [0, 0.1) is 0 Å². The van der Waals surface area contributed by atoms with E-state index in [0.717, 1.165) is 0 Å². The van der Waals surface area contributed by atoms with Crippen molar-refractivity contribution in [3.63, 3.8) is 0 Å². The topological polar surface area (TPSA) is 55.6 Å². The standard InChI is InChI=1S/C12H14F3N5/c1-3-16-9-7-8(10-17-5-6-20(10)4-2)18-11(19-9)12(13,14)15/h5-7H,3-4H2,1-2H3,(H,16,18,19). The lowest BCUT2D eigenvalue weighted by Crippen LogP contribution is -2.14. The van der Waals surface area contributed by atoms with Crippen LogP contribution in [0.5, 0.6) is 0 Å². The Labute approximate surface area is 113 Å². The third kappa shape index (κ3) is 2.89. The minimum atomic E-state index is -4.59. The van der Waals surface area contributed by atoms with Crippen molar-refractivity contribution in [1.29, 1.82) is 0 Å². The van der Waals surface area contributed by atoms with Gasteiger partial charge < -0.3 is 9.88 Å². The van der Waals surface area contributed by atoms with E-state index in [1.54, 1.807) is 17.7 Å². The summed E-state index contributed by atoms with van der Waals surface area (Å²) in [5.74, 6) is -0.647. The predicted molar refractivity (Wildman–Crippen MR) is 68.1 cm³/mol. The first-order chi connectivity index (χ1) is 9.45. The summed E-state index contributed by atoms with van der Waals surface area (Å²) in [5.41, 5.74) is 0.148. The molecule has 0 radical (unpaired) electrons. The number of imidazole rings is 1. The first-order valence-corrected chi connectivity index (χ1v) is 6.17. The van der Waals surface area contributed by atoms with Crippen LogP contribution in [0.15, 0.2) is 18.5 Å². The maximum absolute atomic E-state index is 12.8. The minimum absolute atomic E-state index is 0.135. The van der Waals surface area contributed by atoms with E-state index in [2.05, 4.69) is 20.3 Å². The molecule has 1 N–H and O–H groups in total. The molecule has 5 nitrogen and oxygen atoms in total. The van der Waals surface area contributed by atoms with E-state index in [0.29, 0.717) is 18.9 Å². The smallest absolute Gasteiger partial charge is 0.370 e. The molecule has 0 aliphatic rings. The molecule has 0 fully saturated rings. The van der Waals surface area contributed by atoms with Gasteiger partial charge in [0.1, 0.15) is 11.5 Å². The zero-order valence-electron chi connectivity index (χ0n) is 11.1. The lowest BCUT2D eigenvalue weighted by atomic mass is 10.3. The molecule has 0 aromatic carbocycles. The van der Waals surface area contributed by atoms with Crippen LogP contribution >= 0.6 is 0 Å². The van der Waals surface area contributed by atoms with E-state index in [-0.39, 0.29) is 11.5 Å². The highest BCUT2D eigenvalue weighted by Gasteiger charge is 2.35. The Kier molecular flexibility index (Phi) is 3.91. The van der Waals surface area contributed by atoms with Gasteiger partial charge in [-0.1, -0.05) is 0 Å². The summed E-state index contributed by atoms with van der Waals surface area (Å²) in [4.78, 5) is 11.1. The molecule has 2 heterocycles. The second kappa shape index (κ2) is 5.48. The molecule has 0 aliphatic carbocycles. The van der Waals surface area contributed by atoms with E-state index < -0.39 is 12.0 Å². The van der Waals surface area contributed by atoms with Crippen molar-refractivity contribution in [2.75, 3.05) is 11.9 Å². The van der Waals surface area contributed by atoms with Gasteiger partial charge in [-0.2, -0.15) is 13.2 Å².